The van der Waals surface area contributed by atoms with Crippen LogP contribution in [0.1, 0.15) is 39.0 Å². The van der Waals surface area contributed by atoms with Crippen molar-refractivity contribution in [1.29, 1.82) is 0 Å². The third kappa shape index (κ3) is 6.73. The molecule has 2 saturated heterocycles. The second-order valence-corrected chi connectivity index (χ2v) is 8.20. The molecule has 2 heterocycles. The zero-order valence-corrected chi connectivity index (χ0v) is 20.0. The van der Waals surface area contributed by atoms with Gasteiger partial charge >= 0.3 is 0 Å². The van der Waals surface area contributed by atoms with E-state index in [0.717, 1.165) is 84.2 Å². The van der Waals surface area contributed by atoms with Crippen molar-refractivity contribution < 1.29 is 9.53 Å². The van der Waals surface area contributed by atoms with Crippen LogP contribution in [0.3, 0.4) is 0 Å². The number of likely N-dealkylation sites (tertiary alicyclic amines) is 1. The third-order valence-corrected chi connectivity index (χ3v) is 6.26. The van der Waals surface area contributed by atoms with E-state index in [4.69, 9.17) is 4.74 Å². The lowest BCUT2D eigenvalue weighted by Crippen LogP contribution is -2.54. The lowest BCUT2D eigenvalue weighted by Gasteiger charge is -2.37. The molecule has 0 atom stereocenters. The van der Waals surface area contributed by atoms with E-state index in [2.05, 4.69) is 27.0 Å². The van der Waals surface area contributed by atoms with Gasteiger partial charge in [-0.15, -0.1) is 24.0 Å². The maximum atomic E-state index is 12.3. The Morgan fingerprint density at radius 1 is 1.07 bits per heavy atom. The summed E-state index contributed by atoms with van der Waals surface area (Å²) in [6.07, 6.45) is 6.03. The molecule has 1 aliphatic carbocycles. The topological polar surface area (TPSA) is 60.4 Å². The highest BCUT2D eigenvalue weighted by Crippen LogP contribution is 2.48. The first-order valence-electron chi connectivity index (χ1n) is 10.7. The monoisotopic (exact) mass is 507 g/mol. The fourth-order valence-corrected chi connectivity index (χ4v) is 4.10. The molecule has 0 bridgehead atoms. The summed E-state index contributed by atoms with van der Waals surface area (Å²) < 4.78 is 5.53. The average molecular weight is 507 g/mol. The van der Waals surface area contributed by atoms with E-state index in [1.54, 1.807) is 0 Å². The molecule has 3 fully saturated rings. The zero-order valence-electron chi connectivity index (χ0n) is 17.6. The smallest absolute Gasteiger partial charge is 0.236 e. The summed E-state index contributed by atoms with van der Waals surface area (Å²) in [5.41, 5.74) is 0.412. The summed E-state index contributed by atoms with van der Waals surface area (Å²) in [5, 5.41) is 3.60. The highest BCUT2D eigenvalue weighted by Gasteiger charge is 2.42. The van der Waals surface area contributed by atoms with Crippen molar-refractivity contribution in [3.63, 3.8) is 0 Å². The Balaban J connectivity index is 0.00000280. The maximum absolute atomic E-state index is 12.3. The zero-order chi connectivity index (χ0) is 19.1. The predicted octanol–water partition coefficient (Wildman–Crippen LogP) is 1.63. The minimum atomic E-state index is 0. The van der Waals surface area contributed by atoms with Crippen molar-refractivity contribution in [2.24, 2.45) is 10.4 Å². The van der Waals surface area contributed by atoms with Crippen LogP contribution in [0.15, 0.2) is 4.99 Å². The van der Waals surface area contributed by atoms with Crippen molar-refractivity contribution >= 4 is 35.8 Å². The first kappa shape index (κ1) is 23.7. The van der Waals surface area contributed by atoms with Gasteiger partial charge in [0.05, 0.1) is 6.54 Å². The fraction of sp³-hybridized carbons (Fsp3) is 0.900. The van der Waals surface area contributed by atoms with Gasteiger partial charge in [-0.05, 0) is 44.4 Å². The number of carbonyl (C=O) groups excluding carboxylic acids is 1. The second-order valence-electron chi connectivity index (χ2n) is 8.20. The molecule has 8 heteroatoms. The van der Waals surface area contributed by atoms with Gasteiger partial charge in [0.25, 0.3) is 0 Å². The molecule has 7 nitrogen and oxygen atoms in total. The van der Waals surface area contributed by atoms with Gasteiger partial charge in [0, 0.05) is 66.1 Å². The van der Waals surface area contributed by atoms with Crippen LogP contribution in [0.25, 0.3) is 0 Å². The number of carbonyl (C=O) groups is 1. The summed E-state index contributed by atoms with van der Waals surface area (Å²) in [6, 6.07) is 0. The molecule has 1 amide bonds. The number of hydrogen-bond acceptors (Lipinski definition) is 4. The van der Waals surface area contributed by atoms with Crippen molar-refractivity contribution in [1.82, 2.24) is 20.0 Å². The lowest BCUT2D eigenvalue weighted by atomic mass is 10.0. The summed E-state index contributed by atoms with van der Waals surface area (Å²) in [4.78, 5) is 23.5. The van der Waals surface area contributed by atoms with Gasteiger partial charge in [-0.1, -0.05) is 0 Å². The van der Waals surface area contributed by atoms with Crippen LogP contribution in [0.2, 0.25) is 0 Å². The Labute approximate surface area is 187 Å². The van der Waals surface area contributed by atoms with Gasteiger partial charge in [-0.25, -0.2) is 0 Å². The van der Waals surface area contributed by atoms with Gasteiger partial charge in [0.15, 0.2) is 5.96 Å². The van der Waals surface area contributed by atoms with E-state index in [9.17, 15) is 4.79 Å². The van der Waals surface area contributed by atoms with Crippen molar-refractivity contribution in [3.05, 3.63) is 0 Å². The first-order valence-corrected chi connectivity index (χ1v) is 10.7. The molecule has 3 rings (SSSR count). The van der Waals surface area contributed by atoms with Crippen LogP contribution in [0.4, 0.5) is 0 Å². The van der Waals surface area contributed by atoms with Crippen LogP contribution in [0.5, 0.6) is 0 Å². The molecule has 0 aromatic rings. The van der Waals surface area contributed by atoms with Gasteiger partial charge in [-0.3, -0.25) is 14.7 Å². The van der Waals surface area contributed by atoms with Gasteiger partial charge < -0.3 is 19.9 Å². The number of amides is 1. The molecular weight excluding hydrogens is 469 g/mol. The molecule has 0 spiro atoms. The van der Waals surface area contributed by atoms with Gasteiger partial charge in [0.1, 0.15) is 0 Å². The average Bonchev–Trinajstić information content (AvgIpc) is 3.23. The summed E-state index contributed by atoms with van der Waals surface area (Å²) in [6.45, 7) is 10.9. The number of piperazine rings is 1. The highest BCUT2D eigenvalue weighted by molar-refractivity contribution is 14.0. The fourth-order valence-electron chi connectivity index (χ4n) is 4.10. The van der Waals surface area contributed by atoms with Crippen molar-refractivity contribution in [2.45, 2.75) is 39.0 Å². The minimum Gasteiger partial charge on any atom is -0.382 e. The highest BCUT2D eigenvalue weighted by atomic mass is 127. The standard InChI is InChI=1S/C20H37N5O2.HI/c1-3-27-15-8-20(6-7-20)17-22-19(21-2)25-13-11-23(12-14-25)16-18(26)24-9-4-5-10-24;/h3-17H2,1-2H3,(H,21,22);1H. The summed E-state index contributed by atoms with van der Waals surface area (Å²) in [5.74, 6) is 1.30. The molecule has 2 aliphatic heterocycles. The molecule has 1 N–H and O–H groups in total. The Bertz CT molecular complexity index is 513. The largest absolute Gasteiger partial charge is 0.382 e. The Morgan fingerprint density at radius 3 is 2.32 bits per heavy atom. The molecule has 28 heavy (non-hydrogen) atoms. The second kappa shape index (κ2) is 11.5. The van der Waals surface area contributed by atoms with Crippen LogP contribution in [0, 0.1) is 5.41 Å². The number of halogens is 1. The van der Waals surface area contributed by atoms with E-state index in [-0.39, 0.29) is 24.0 Å². The summed E-state index contributed by atoms with van der Waals surface area (Å²) in [7, 11) is 1.87. The molecule has 0 unspecified atom stereocenters. The summed E-state index contributed by atoms with van der Waals surface area (Å²) >= 11 is 0. The Morgan fingerprint density at radius 2 is 1.75 bits per heavy atom. The first-order chi connectivity index (χ1) is 13.2. The molecule has 0 aromatic carbocycles. The number of guanidine groups is 1. The van der Waals surface area contributed by atoms with E-state index < -0.39 is 0 Å². The minimum absolute atomic E-state index is 0. The van der Waals surface area contributed by atoms with E-state index in [0.29, 0.717) is 17.9 Å². The third-order valence-electron chi connectivity index (χ3n) is 6.26. The van der Waals surface area contributed by atoms with Crippen molar-refractivity contribution in [2.75, 3.05) is 72.6 Å². The van der Waals surface area contributed by atoms with Gasteiger partial charge in [-0.2, -0.15) is 0 Å². The van der Waals surface area contributed by atoms with Crippen LogP contribution < -0.4 is 5.32 Å². The van der Waals surface area contributed by atoms with E-state index in [1.165, 1.54) is 12.8 Å². The number of aliphatic imine (C=N–C) groups is 1. The normalized spacial score (nSPS) is 22.1. The molecule has 3 aliphatic rings. The Kier molecular flexibility index (Phi) is 9.76. The number of nitrogens with one attached hydrogen (secondary N) is 1. The van der Waals surface area contributed by atoms with E-state index >= 15 is 0 Å². The van der Waals surface area contributed by atoms with Crippen LogP contribution in [-0.4, -0.2) is 99.2 Å². The molecule has 0 radical (unpaired) electrons. The predicted molar refractivity (Wildman–Crippen MR) is 123 cm³/mol. The van der Waals surface area contributed by atoms with Gasteiger partial charge in [0.2, 0.25) is 5.91 Å². The molecule has 162 valence electrons. The number of nitrogens with zero attached hydrogens (tertiary/aromatic N) is 4. The SMILES string of the molecule is CCOCCC1(CNC(=NC)N2CCN(CC(=O)N3CCCC3)CC2)CC1.I. The molecular formula is C20H38IN5O2. The van der Waals surface area contributed by atoms with Crippen LogP contribution >= 0.6 is 24.0 Å². The van der Waals surface area contributed by atoms with Crippen LogP contribution in [-0.2, 0) is 9.53 Å². The number of rotatable bonds is 8. The maximum Gasteiger partial charge on any atom is 0.236 e. The number of hydrogen-bond donors (Lipinski definition) is 1. The lowest BCUT2D eigenvalue weighted by molar-refractivity contribution is -0.131. The van der Waals surface area contributed by atoms with Crippen molar-refractivity contribution in [3.8, 4) is 0 Å². The molecule has 1 saturated carbocycles. The Hall–Kier alpha value is -0.610. The van der Waals surface area contributed by atoms with E-state index in [1.807, 2.05) is 11.9 Å². The molecule has 0 aromatic heterocycles. The number of ether oxygens (including phenoxy) is 1. The quantitative estimate of drug-likeness (QED) is 0.234.